The molecular formula is C24H24ClFN6O2. The van der Waals surface area contributed by atoms with Crippen LogP contribution in [0.1, 0.15) is 47.6 Å². The Hall–Kier alpha value is -3.01. The highest BCUT2D eigenvalue weighted by Gasteiger charge is 2.29. The van der Waals surface area contributed by atoms with Crippen molar-refractivity contribution < 1.29 is 13.9 Å². The average molecular weight is 483 g/mol. The van der Waals surface area contributed by atoms with E-state index in [-0.39, 0.29) is 12.0 Å². The van der Waals surface area contributed by atoms with Crippen LogP contribution in [0.15, 0.2) is 30.6 Å². The second-order valence-corrected chi connectivity index (χ2v) is 8.87. The standard InChI is InChI=1S/C24H24ClFN6O2/c1-13-14(2)29-24-22(28-13)21(18-5-4-17(25)9-19(18)26)30-23(31-24)15-6-7-34-20(8-15)16-10-27-32(11-16)12-33-3/h4-5,9-11,15,20H,6-8,12H2,1-3H3/t15-,20+/m0/s1. The van der Waals surface area contributed by atoms with Crippen LogP contribution in [0.4, 0.5) is 4.39 Å². The lowest BCUT2D eigenvalue weighted by atomic mass is 9.92. The van der Waals surface area contributed by atoms with Crippen molar-refractivity contribution in [2.75, 3.05) is 13.7 Å². The molecule has 1 fully saturated rings. The first-order chi connectivity index (χ1) is 16.4. The van der Waals surface area contributed by atoms with Crippen molar-refractivity contribution in [3.63, 3.8) is 0 Å². The van der Waals surface area contributed by atoms with Gasteiger partial charge in [-0.05, 0) is 44.9 Å². The molecule has 1 saturated heterocycles. The summed E-state index contributed by atoms with van der Waals surface area (Å²) in [5.74, 6) is 0.146. The molecule has 0 unspecified atom stereocenters. The molecule has 0 radical (unpaired) electrons. The predicted octanol–water partition coefficient (Wildman–Crippen LogP) is 4.93. The minimum atomic E-state index is -0.464. The summed E-state index contributed by atoms with van der Waals surface area (Å²) in [6.07, 6.45) is 4.98. The zero-order valence-electron chi connectivity index (χ0n) is 19.1. The maximum Gasteiger partial charge on any atom is 0.182 e. The number of benzene rings is 1. The second kappa shape index (κ2) is 9.32. The molecule has 0 bridgehead atoms. The zero-order valence-corrected chi connectivity index (χ0v) is 19.9. The van der Waals surface area contributed by atoms with Crippen LogP contribution >= 0.6 is 11.6 Å². The highest BCUT2D eigenvalue weighted by Crippen LogP contribution is 2.38. The van der Waals surface area contributed by atoms with Crippen molar-refractivity contribution in [2.45, 2.75) is 45.4 Å². The molecule has 3 aromatic heterocycles. The number of hydrogen-bond acceptors (Lipinski definition) is 7. The van der Waals surface area contributed by atoms with Crippen LogP contribution in [-0.4, -0.2) is 43.4 Å². The molecule has 176 valence electrons. The van der Waals surface area contributed by atoms with Gasteiger partial charge in [-0.3, -0.25) is 0 Å². The first kappa shape index (κ1) is 22.8. The lowest BCUT2D eigenvalue weighted by Crippen LogP contribution is -2.20. The predicted molar refractivity (Wildman–Crippen MR) is 125 cm³/mol. The number of nitrogens with zero attached hydrogens (tertiary/aromatic N) is 6. The summed E-state index contributed by atoms with van der Waals surface area (Å²) in [6, 6.07) is 4.54. The molecule has 0 aliphatic carbocycles. The largest absolute Gasteiger partial charge is 0.373 e. The second-order valence-electron chi connectivity index (χ2n) is 8.43. The van der Waals surface area contributed by atoms with Gasteiger partial charge in [0, 0.05) is 42.0 Å². The Balaban J connectivity index is 1.57. The molecule has 0 amide bonds. The Morgan fingerprint density at radius 3 is 2.79 bits per heavy atom. The van der Waals surface area contributed by atoms with E-state index in [4.69, 9.17) is 31.0 Å². The fourth-order valence-corrected chi connectivity index (χ4v) is 4.35. The van der Waals surface area contributed by atoms with Gasteiger partial charge < -0.3 is 9.47 Å². The van der Waals surface area contributed by atoms with Gasteiger partial charge in [0.2, 0.25) is 0 Å². The van der Waals surface area contributed by atoms with Gasteiger partial charge in [-0.2, -0.15) is 5.10 Å². The number of aromatic nitrogens is 6. The van der Waals surface area contributed by atoms with Gasteiger partial charge in [0.25, 0.3) is 0 Å². The topological polar surface area (TPSA) is 87.8 Å². The Kier molecular flexibility index (Phi) is 6.24. The maximum absolute atomic E-state index is 14.9. The van der Waals surface area contributed by atoms with Crippen molar-refractivity contribution in [1.29, 1.82) is 0 Å². The van der Waals surface area contributed by atoms with Crippen LogP contribution in [0, 0.1) is 19.7 Å². The summed E-state index contributed by atoms with van der Waals surface area (Å²) in [6.45, 7) is 4.67. The first-order valence-electron chi connectivity index (χ1n) is 11.0. The van der Waals surface area contributed by atoms with Crippen LogP contribution in [0.2, 0.25) is 5.02 Å². The smallest absolute Gasteiger partial charge is 0.182 e. The van der Waals surface area contributed by atoms with Gasteiger partial charge >= 0.3 is 0 Å². The lowest BCUT2D eigenvalue weighted by Gasteiger charge is -2.28. The van der Waals surface area contributed by atoms with Gasteiger partial charge in [0.1, 0.15) is 29.6 Å². The van der Waals surface area contributed by atoms with E-state index in [1.165, 1.54) is 6.07 Å². The summed E-state index contributed by atoms with van der Waals surface area (Å²) in [5.41, 5.74) is 4.15. The zero-order chi connectivity index (χ0) is 23.8. The Morgan fingerprint density at radius 1 is 1.18 bits per heavy atom. The third-order valence-electron chi connectivity index (χ3n) is 6.08. The summed E-state index contributed by atoms with van der Waals surface area (Å²) >= 11 is 5.99. The molecule has 1 aliphatic heterocycles. The fourth-order valence-electron chi connectivity index (χ4n) is 4.19. The normalized spacial score (nSPS) is 18.5. The van der Waals surface area contributed by atoms with Gasteiger partial charge in [-0.1, -0.05) is 11.6 Å². The van der Waals surface area contributed by atoms with Crippen molar-refractivity contribution in [1.82, 2.24) is 29.7 Å². The molecule has 2 atom stereocenters. The third-order valence-corrected chi connectivity index (χ3v) is 6.32. The lowest BCUT2D eigenvalue weighted by molar-refractivity contribution is 0.00384. The van der Waals surface area contributed by atoms with Crippen molar-refractivity contribution in [3.8, 4) is 11.3 Å². The number of methoxy groups -OCH3 is 1. The number of hydrogen-bond donors (Lipinski definition) is 0. The molecule has 1 aromatic carbocycles. The van der Waals surface area contributed by atoms with Gasteiger partial charge in [0.15, 0.2) is 5.65 Å². The number of aryl methyl sites for hydroxylation is 2. The summed E-state index contributed by atoms with van der Waals surface area (Å²) in [7, 11) is 1.62. The minimum Gasteiger partial charge on any atom is -0.373 e. The maximum atomic E-state index is 14.9. The van der Waals surface area contributed by atoms with E-state index in [1.807, 2.05) is 20.0 Å². The van der Waals surface area contributed by atoms with E-state index in [2.05, 4.69) is 15.1 Å². The van der Waals surface area contributed by atoms with Crippen LogP contribution in [0.5, 0.6) is 0 Å². The molecule has 0 N–H and O–H groups in total. The SMILES string of the molecule is COCn1cc([C@H]2C[C@@H](c3nc(-c4ccc(Cl)cc4F)c4nc(C)c(C)nc4n3)CCO2)cn1. The van der Waals surface area contributed by atoms with Crippen molar-refractivity contribution in [2.24, 2.45) is 0 Å². The van der Waals surface area contributed by atoms with Crippen LogP contribution in [0.3, 0.4) is 0 Å². The molecule has 4 aromatic rings. The molecule has 1 aliphatic rings. The summed E-state index contributed by atoms with van der Waals surface area (Å²) < 4.78 is 27.8. The van der Waals surface area contributed by atoms with Crippen LogP contribution in [0.25, 0.3) is 22.4 Å². The van der Waals surface area contributed by atoms with E-state index in [0.717, 1.165) is 23.4 Å². The summed E-state index contributed by atoms with van der Waals surface area (Å²) in [4.78, 5) is 18.9. The fraction of sp³-hybridized carbons (Fsp3) is 0.375. The quantitative estimate of drug-likeness (QED) is 0.398. The van der Waals surface area contributed by atoms with Crippen molar-refractivity contribution in [3.05, 3.63) is 64.2 Å². The van der Waals surface area contributed by atoms with E-state index in [1.54, 1.807) is 30.1 Å². The van der Waals surface area contributed by atoms with Crippen LogP contribution < -0.4 is 0 Å². The van der Waals surface area contributed by atoms with Gasteiger partial charge in [-0.15, -0.1) is 0 Å². The third kappa shape index (κ3) is 4.38. The van der Waals surface area contributed by atoms with E-state index in [0.29, 0.717) is 53.0 Å². The average Bonchev–Trinajstić information content (AvgIpc) is 3.29. The highest BCUT2D eigenvalue weighted by atomic mass is 35.5. The number of rotatable bonds is 5. The molecule has 0 spiro atoms. The van der Waals surface area contributed by atoms with Crippen molar-refractivity contribution >= 4 is 22.8 Å². The van der Waals surface area contributed by atoms with E-state index >= 15 is 0 Å². The molecule has 5 rings (SSSR count). The number of ether oxygens (including phenoxy) is 2. The monoisotopic (exact) mass is 482 g/mol. The number of fused-ring (bicyclic) bond motifs is 1. The molecule has 34 heavy (non-hydrogen) atoms. The Morgan fingerprint density at radius 2 is 2.00 bits per heavy atom. The Bertz CT molecular complexity index is 1360. The van der Waals surface area contributed by atoms with E-state index < -0.39 is 5.82 Å². The van der Waals surface area contributed by atoms with Crippen LogP contribution in [-0.2, 0) is 16.2 Å². The van der Waals surface area contributed by atoms with Gasteiger partial charge in [0.05, 0.1) is 23.7 Å². The molecule has 8 nitrogen and oxygen atoms in total. The minimum absolute atomic E-state index is 0.00597. The molecular weight excluding hydrogens is 459 g/mol. The highest BCUT2D eigenvalue weighted by molar-refractivity contribution is 6.30. The molecule has 0 saturated carbocycles. The van der Waals surface area contributed by atoms with E-state index in [9.17, 15) is 4.39 Å². The summed E-state index contributed by atoms with van der Waals surface area (Å²) in [5, 5.41) is 4.64. The first-order valence-corrected chi connectivity index (χ1v) is 11.4. The Labute approximate surface area is 201 Å². The van der Waals surface area contributed by atoms with Gasteiger partial charge in [-0.25, -0.2) is 29.0 Å². The molecule has 10 heteroatoms. The molecule has 4 heterocycles. The number of halogens is 2.